The van der Waals surface area contributed by atoms with E-state index in [2.05, 4.69) is 198 Å². The number of hydrogen-bond donors (Lipinski definition) is 0. The maximum Gasteiger partial charge on any atom is 0.0159 e. The van der Waals surface area contributed by atoms with Crippen LogP contribution in [-0.2, 0) is 10.8 Å². The fourth-order valence-corrected chi connectivity index (χ4v) is 10.1. The summed E-state index contributed by atoms with van der Waals surface area (Å²) in [6, 6.07) is 64.1. The van der Waals surface area contributed by atoms with Gasteiger partial charge in [0.1, 0.15) is 0 Å². The van der Waals surface area contributed by atoms with Crippen molar-refractivity contribution in [2.24, 2.45) is 0 Å². The molecule has 9 aromatic rings. The molecule has 0 unspecified atom stereocenters. The van der Waals surface area contributed by atoms with E-state index in [9.17, 15) is 0 Å². The van der Waals surface area contributed by atoms with Crippen LogP contribution in [0.15, 0.2) is 170 Å². The molecule has 2 aliphatic carbocycles. The smallest absolute Gasteiger partial charge is 0.0159 e. The lowest BCUT2D eigenvalue weighted by atomic mass is 9.77. The van der Waals surface area contributed by atoms with Crippen molar-refractivity contribution in [2.45, 2.75) is 38.5 Å². The molecular weight excluding hydrogens is 649 g/mol. The Bertz CT molecular complexity index is 2900. The van der Waals surface area contributed by atoms with Crippen LogP contribution in [0.5, 0.6) is 0 Å². The molecule has 0 spiro atoms. The maximum absolute atomic E-state index is 2.55. The van der Waals surface area contributed by atoms with Gasteiger partial charge in [0.25, 0.3) is 0 Å². The predicted octanol–water partition coefficient (Wildman–Crippen LogP) is 14.8. The molecule has 54 heavy (non-hydrogen) atoms. The third-order valence-electron chi connectivity index (χ3n) is 12.8. The van der Waals surface area contributed by atoms with Crippen molar-refractivity contribution in [1.82, 2.24) is 0 Å². The Morgan fingerprint density at radius 2 is 0.741 bits per heavy atom. The van der Waals surface area contributed by atoms with E-state index in [1.807, 2.05) is 0 Å². The molecule has 0 fully saturated rings. The summed E-state index contributed by atoms with van der Waals surface area (Å²) in [5.74, 6) is 0. The normalized spacial score (nSPS) is 14.6. The maximum atomic E-state index is 2.55. The minimum atomic E-state index is -0.110. The fourth-order valence-electron chi connectivity index (χ4n) is 10.1. The minimum absolute atomic E-state index is 0.110. The lowest BCUT2D eigenvalue weighted by Gasteiger charge is -2.25. The zero-order valence-corrected chi connectivity index (χ0v) is 31.2. The van der Waals surface area contributed by atoms with Crippen LogP contribution in [-0.4, -0.2) is 0 Å². The molecule has 0 bridgehead atoms. The molecule has 0 amide bonds. The van der Waals surface area contributed by atoms with Crippen molar-refractivity contribution in [3.63, 3.8) is 0 Å². The molecule has 0 saturated heterocycles. The van der Waals surface area contributed by atoms with E-state index >= 15 is 0 Å². The highest BCUT2D eigenvalue weighted by Gasteiger charge is 2.38. The topological polar surface area (TPSA) is 0 Å². The van der Waals surface area contributed by atoms with Crippen LogP contribution < -0.4 is 0 Å². The number of benzene rings is 9. The molecule has 0 nitrogen and oxygen atoms in total. The summed E-state index contributed by atoms with van der Waals surface area (Å²) in [4.78, 5) is 0. The Kier molecular flexibility index (Phi) is 6.46. The molecular formula is C54H40. The summed E-state index contributed by atoms with van der Waals surface area (Å²) < 4.78 is 0. The highest BCUT2D eigenvalue weighted by molar-refractivity contribution is 6.23. The highest BCUT2D eigenvalue weighted by Crippen LogP contribution is 2.56. The molecule has 0 aliphatic heterocycles. The minimum Gasteiger partial charge on any atom is -0.0622 e. The van der Waals surface area contributed by atoms with Gasteiger partial charge >= 0.3 is 0 Å². The first-order chi connectivity index (χ1) is 26.3. The number of fused-ring (bicyclic) bond motifs is 9. The van der Waals surface area contributed by atoms with E-state index in [-0.39, 0.29) is 10.8 Å². The number of hydrogen-bond acceptors (Lipinski definition) is 0. The van der Waals surface area contributed by atoms with Gasteiger partial charge in [-0.15, -0.1) is 0 Å². The van der Waals surface area contributed by atoms with Crippen LogP contribution in [0.4, 0.5) is 0 Å². The average molecular weight is 689 g/mol. The van der Waals surface area contributed by atoms with Crippen LogP contribution in [0.25, 0.3) is 88.0 Å². The molecule has 0 N–H and O–H groups in total. The standard InChI is InChI=1S/C54H40/c1-53(2)47-23-12-10-21-39(47)41-29-43-45(31-49(41)53)51(34-16-6-5-7-17-34)46-32-50-42(40-22-11-13-24-48(40)54(50,3)4)30-44(46)52(43)38-20-14-19-36(28-38)37-26-25-33-15-8-9-18-35(33)27-37/h5-32H,1-4H3. The van der Waals surface area contributed by atoms with Gasteiger partial charge in [-0.3, -0.25) is 0 Å². The summed E-state index contributed by atoms with van der Waals surface area (Å²) in [6.07, 6.45) is 0. The first-order valence-electron chi connectivity index (χ1n) is 19.3. The summed E-state index contributed by atoms with van der Waals surface area (Å²) in [5.41, 5.74) is 18.4. The van der Waals surface area contributed by atoms with E-state index in [0.717, 1.165) is 0 Å². The second-order valence-electron chi connectivity index (χ2n) is 16.5. The largest absolute Gasteiger partial charge is 0.0622 e. The average Bonchev–Trinajstić information content (AvgIpc) is 3.57. The Balaban J connectivity index is 1.30. The summed E-state index contributed by atoms with van der Waals surface area (Å²) >= 11 is 0. The molecule has 0 heteroatoms. The van der Waals surface area contributed by atoms with E-state index < -0.39 is 0 Å². The van der Waals surface area contributed by atoms with Crippen molar-refractivity contribution in [2.75, 3.05) is 0 Å². The van der Waals surface area contributed by atoms with E-state index in [0.29, 0.717) is 0 Å². The Labute approximate surface area is 317 Å². The second-order valence-corrected chi connectivity index (χ2v) is 16.5. The zero-order valence-electron chi connectivity index (χ0n) is 31.2. The fraction of sp³-hybridized carbons (Fsp3) is 0.111. The lowest BCUT2D eigenvalue weighted by Crippen LogP contribution is -2.15. The van der Waals surface area contributed by atoms with Gasteiger partial charge in [0, 0.05) is 10.8 Å². The summed E-state index contributed by atoms with van der Waals surface area (Å²) in [7, 11) is 0. The van der Waals surface area contributed by atoms with Crippen molar-refractivity contribution < 1.29 is 0 Å². The van der Waals surface area contributed by atoms with Crippen LogP contribution in [0, 0.1) is 0 Å². The molecule has 9 aromatic carbocycles. The van der Waals surface area contributed by atoms with Gasteiger partial charge < -0.3 is 0 Å². The van der Waals surface area contributed by atoms with Gasteiger partial charge in [-0.1, -0.05) is 161 Å². The van der Waals surface area contributed by atoms with Crippen LogP contribution in [0.3, 0.4) is 0 Å². The van der Waals surface area contributed by atoms with E-state index in [4.69, 9.17) is 0 Å². The zero-order chi connectivity index (χ0) is 36.3. The predicted molar refractivity (Wildman–Crippen MR) is 230 cm³/mol. The van der Waals surface area contributed by atoms with Gasteiger partial charge in [0.05, 0.1) is 0 Å². The molecule has 256 valence electrons. The second kappa shape index (κ2) is 11.1. The Morgan fingerprint density at radius 3 is 1.37 bits per heavy atom. The summed E-state index contributed by atoms with van der Waals surface area (Å²) in [5, 5.41) is 7.75. The van der Waals surface area contributed by atoms with E-state index in [1.165, 1.54) is 110 Å². The first-order valence-corrected chi connectivity index (χ1v) is 19.3. The van der Waals surface area contributed by atoms with Gasteiger partial charge in [-0.05, 0) is 147 Å². The Morgan fingerprint density at radius 1 is 0.278 bits per heavy atom. The third-order valence-corrected chi connectivity index (χ3v) is 12.8. The van der Waals surface area contributed by atoms with Gasteiger partial charge in [-0.25, -0.2) is 0 Å². The Hall–Kier alpha value is -6.24. The quantitative estimate of drug-likeness (QED) is 0.162. The van der Waals surface area contributed by atoms with Crippen molar-refractivity contribution in [3.05, 3.63) is 192 Å². The lowest BCUT2D eigenvalue weighted by molar-refractivity contribution is 0.661. The monoisotopic (exact) mass is 688 g/mol. The molecule has 0 aromatic heterocycles. The highest BCUT2D eigenvalue weighted by atomic mass is 14.4. The molecule has 11 rings (SSSR count). The molecule has 0 saturated carbocycles. The first kappa shape index (κ1) is 31.3. The van der Waals surface area contributed by atoms with Gasteiger partial charge in [0.2, 0.25) is 0 Å². The molecule has 0 heterocycles. The van der Waals surface area contributed by atoms with Crippen LogP contribution in [0.2, 0.25) is 0 Å². The SMILES string of the molecule is CC1(C)c2ccccc2-c2cc3c(-c4cccc(-c5ccc6ccccc6c5)c4)c4cc5c(cc4c(-c4ccccc4)c3cc21)C(C)(C)c1ccccc1-5. The van der Waals surface area contributed by atoms with Crippen LogP contribution >= 0.6 is 0 Å². The third kappa shape index (κ3) is 4.32. The molecule has 0 radical (unpaired) electrons. The molecule has 0 atom stereocenters. The van der Waals surface area contributed by atoms with Gasteiger partial charge in [-0.2, -0.15) is 0 Å². The summed E-state index contributed by atoms with van der Waals surface area (Å²) in [6.45, 7) is 9.58. The molecule has 2 aliphatic rings. The van der Waals surface area contributed by atoms with E-state index in [1.54, 1.807) is 0 Å². The van der Waals surface area contributed by atoms with Crippen molar-refractivity contribution in [1.29, 1.82) is 0 Å². The number of rotatable bonds is 3. The van der Waals surface area contributed by atoms with Crippen LogP contribution in [0.1, 0.15) is 49.9 Å². The van der Waals surface area contributed by atoms with Gasteiger partial charge in [0.15, 0.2) is 0 Å². The van der Waals surface area contributed by atoms with Crippen molar-refractivity contribution >= 4 is 32.3 Å². The van der Waals surface area contributed by atoms with Crippen molar-refractivity contribution in [3.8, 4) is 55.6 Å².